The summed E-state index contributed by atoms with van der Waals surface area (Å²) in [6.45, 7) is 0.368. The number of benzene rings is 1. The normalized spacial score (nSPS) is 12.3. The smallest absolute Gasteiger partial charge is 0.294 e. The molecule has 0 fully saturated rings. The molecule has 6 nitrogen and oxygen atoms in total. The lowest BCUT2D eigenvalue weighted by Crippen LogP contribution is -2.06. The number of nitrogens with zero attached hydrogens (tertiary/aromatic N) is 1. The Morgan fingerprint density at radius 3 is 2.94 bits per heavy atom. The molecule has 1 atom stereocenters. The summed E-state index contributed by atoms with van der Waals surface area (Å²) >= 11 is 3.19. The van der Waals surface area contributed by atoms with Crippen LogP contribution in [0.5, 0.6) is 0 Å². The predicted molar refractivity (Wildman–Crippen MR) is 68.5 cm³/mol. The number of hydrogen-bond acceptors (Lipinski definition) is 4. The van der Waals surface area contributed by atoms with E-state index in [4.69, 9.17) is 4.74 Å². The van der Waals surface area contributed by atoms with Gasteiger partial charge in [-0.1, -0.05) is 0 Å². The summed E-state index contributed by atoms with van der Waals surface area (Å²) in [6.07, 6.45) is 0.460. The van der Waals surface area contributed by atoms with Crippen molar-refractivity contribution < 1.29 is 14.5 Å². The maximum absolute atomic E-state index is 10.6. The molecule has 0 bridgehead atoms. The van der Waals surface area contributed by atoms with E-state index in [0.717, 1.165) is 11.1 Å². The Morgan fingerprint density at radius 1 is 1.50 bits per heavy atom. The number of alkyl halides is 1. The first-order valence-electron chi connectivity index (χ1n) is 5.09. The molecule has 1 unspecified atom stereocenters. The van der Waals surface area contributed by atoms with Crippen LogP contribution >= 0.6 is 15.9 Å². The summed E-state index contributed by atoms with van der Waals surface area (Å²) < 4.78 is 4.71. The fraction of sp³-hybridized carbons (Fsp3) is 0.182. The highest BCUT2D eigenvalue weighted by Gasteiger charge is 2.11. The number of non-ortho nitro benzene ring substituents is 1. The second-order valence-electron chi connectivity index (χ2n) is 3.67. The molecule has 2 rings (SSSR count). The van der Waals surface area contributed by atoms with E-state index in [-0.39, 0.29) is 5.69 Å². The number of carbonyl (C=O) groups excluding carboxylic acids is 1. The second kappa shape index (κ2) is 5.18. The molecule has 7 heteroatoms. The number of H-pyrrole nitrogens is 1. The minimum Gasteiger partial charge on any atom is -0.453 e. The van der Waals surface area contributed by atoms with Gasteiger partial charge in [0, 0.05) is 29.6 Å². The van der Waals surface area contributed by atoms with E-state index in [1.54, 1.807) is 6.07 Å². The van der Waals surface area contributed by atoms with Crippen molar-refractivity contribution in [2.45, 2.75) is 11.4 Å². The molecule has 1 heterocycles. The van der Waals surface area contributed by atoms with Gasteiger partial charge in [-0.2, -0.15) is 0 Å². The summed E-state index contributed by atoms with van der Waals surface area (Å²) in [6, 6.07) is 6.47. The summed E-state index contributed by atoms with van der Waals surface area (Å²) in [5.41, 5.74) is 1.55. The summed E-state index contributed by atoms with van der Waals surface area (Å²) in [5.74, 6) is 0. The van der Waals surface area contributed by atoms with Crippen LogP contribution in [0.4, 0.5) is 5.69 Å². The van der Waals surface area contributed by atoms with Crippen LogP contribution in [0.25, 0.3) is 10.9 Å². The van der Waals surface area contributed by atoms with E-state index >= 15 is 0 Å². The van der Waals surface area contributed by atoms with Crippen LogP contribution in [0.15, 0.2) is 24.3 Å². The van der Waals surface area contributed by atoms with Gasteiger partial charge in [-0.25, -0.2) is 0 Å². The number of aromatic nitrogens is 1. The number of aromatic amines is 1. The van der Waals surface area contributed by atoms with Crippen molar-refractivity contribution in [2.24, 2.45) is 0 Å². The molecule has 1 N–H and O–H groups in total. The fourth-order valence-corrected chi connectivity index (χ4v) is 2.12. The van der Waals surface area contributed by atoms with Crippen LogP contribution < -0.4 is 0 Å². The molecule has 0 saturated heterocycles. The van der Waals surface area contributed by atoms with Gasteiger partial charge in [-0.05, 0) is 28.1 Å². The average Bonchev–Trinajstić information content (AvgIpc) is 2.69. The molecule has 18 heavy (non-hydrogen) atoms. The first-order valence-corrected chi connectivity index (χ1v) is 6.01. The Morgan fingerprint density at radius 2 is 2.28 bits per heavy atom. The summed E-state index contributed by atoms with van der Waals surface area (Å²) in [5, 5.41) is 11.1. The highest BCUT2D eigenvalue weighted by atomic mass is 79.9. The highest BCUT2D eigenvalue weighted by Crippen LogP contribution is 2.22. The quantitative estimate of drug-likeness (QED) is 0.398. The van der Waals surface area contributed by atoms with E-state index < -0.39 is 9.94 Å². The van der Waals surface area contributed by atoms with Crippen molar-refractivity contribution in [3.05, 3.63) is 40.1 Å². The van der Waals surface area contributed by atoms with Crippen LogP contribution in [0.1, 0.15) is 5.69 Å². The number of hydrogen-bond donors (Lipinski definition) is 1. The van der Waals surface area contributed by atoms with E-state index in [2.05, 4.69) is 20.9 Å². The molecule has 0 spiro atoms. The van der Waals surface area contributed by atoms with Crippen molar-refractivity contribution in [1.82, 2.24) is 4.98 Å². The Bertz CT molecular complexity index is 596. The minimum absolute atomic E-state index is 0.0374. The van der Waals surface area contributed by atoms with Crippen molar-refractivity contribution >= 4 is 39.0 Å². The van der Waals surface area contributed by atoms with Gasteiger partial charge in [0.1, 0.15) is 0 Å². The molecule has 1 aromatic carbocycles. The fourth-order valence-electron chi connectivity index (χ4n) is 1.68. The Kier molecular flexibility index (Phi) is 3.61. The number of nitrogens with one attached hydrogen (secondary N) is 1. The van der Waals surface area contributed by atoms with Crippen LogP contribution in [0.3, 0.4) is 0 Å². The molecule has 0 aliphatic carbocycles. The number of rotatable bonds is 5. The van der Waals surface area contributed by atoms with Crippen molar-refractivity contribution in [3.8, 4) is 0 Å². The van der Waals surface area contributed by atoms with Gasteiger partial charge in [0.15, 0.2) is 5.01 Å². The van der Waals surface area contributed by atoms with Gasteiger partial charge in [0.25, 0.3) is 12.2 Å². The number of ether oxygens (including phenoxy) is 1. The van der Waals surface area contributed by atoms with E-state index in [1.807, 2.05) is 6.07 Å². The van der Waals surface area contributed by atoms with Crippen LogP contribution in [-0.4, -0.2) is 21.4 Å². The zero-order valence-corrected chi connectivity index (χ0v) is 10.7. The topological polar surface area (TPSA) is 85.2 Å². The second-order valence-corrected chi connectivity index (χ2v) is 4.69. The van der Waals surface area contributed by atoms with Gasteiger partial charge in [0.2, 0.25) is 0 Å². The Hall–Kier alpha value is -1.89. The minimum atomic E-state index is -0.442. The molecular formula is C11H9BrN2O4. The molecular weight excluding hydrogens is 304 g/mol. The number of carbonyl (C=O) groups is 1. The van der Waals surface area contributed by atoms with Gasteiger partial charge in [-0.15, -0.1) is 0 Å². The molecule has 0 aliphatic rings. The van der Waals surface area contributed by atoms with E-state index in [1.165, 1.54) is 12.1 Å². The van der Waals surface area contributed by atoms with Gasteiger partial charge >= 0.3 is 0 Å². The Balaban J connectivity index is 2.27. The zero-order valence-electron chi connectivity index (χ0n) is 9.13. The molecule has 0 saturated carbocycles. The van der Waals surface area contributed by atoms with Gasteiger partial charge in [0.05, 0.1) is 10.4 Å². The maximum Gasteiger partial charge on any atom is 0.294 e. The standard InChI is InChI=1S/C11H9BrN2O4/c12-11(18-6-15)4-8-3-7-1-2-9(14(16)17)5-10(7)13-8/h1-3,5-6,11,13H,4H2. The third kappa shape index (κ3) is 2.67. The summed E-state index contributed by atoms with van der Waals surface area (Å²) in [4.78, 5) is 23.4. The highest BCUT2D eigenvalue weighted by molar-refractivity contribution is 9.09. The monoisotopic (exact) mass is 312 g/mol. The lowest BCUT2D eigenvalue weighted by Gasteiger charge is -2.04. The molecule has 2 aromatic rings. The lowest BCUT2D eigenvalue weighted by molar-refractivity contribution is -0.384. The van der Waals surface area contributed by atoms with Crippen molar-refractivity contribution in [3.63, 3.8) is 0 Å². The predicted octanol–water partition coefficient (Wildman–Crippen LogP) is 2.51. The molecule has 0 amide bonds. The third-order valence-corrected chi connectivity index (χ3v) is 3.00. The average molecular weight is 313 g/mol. The number of nitro benzene ring substituents is 1. The van der Waals surface area contributed by atoms with Crippen LogP contribution in [-0.2, 0) is 16.0 Å². The number of nitro groups is 1. The molecule has 94 valence electrons. The number of halogens is 1. The third-order valence-electron chi connectivity index (χ3n) is 2.46. The largest absolute Gasteiger partial charge is 0.453 e. The van der Waals surface area contributed by atoms with E-state index in [9.17, 15) is 14.9 Å². The van der Waals surface area contributed by atoms with Crippen LogP contribution in [0.2, 0.25) is 0 Å². The van der Waals surface area contributed by atoms with Gasteiger partial charge in [-0.3, -0.25) is 14.9 Å². The van der Waals surface area contributed by atoms with E-state index in [0.29, 0.717) is 18.4 Å². The maximum atomic E-state index is 10.6. The first-order chi connectivity index (χ1) is 8.60. The molecule has 1 aromatic heterocycles. The lowest BCUT2D eigenvalue weighted by atomic mass is 10.2. The molecule has 0 radical (unpaired) electrons. The number of fused-ring (bicyclic) bond motifs is 1. The Labute approximate surface area is 110 Å². The SMILES string of the molecule is O=COC(Br)Cc1cc2ccc([N+](=O)[O-])cc2[nH]1. The summed E-state index contributed by atoms with van der Waals surface area (Å²) in [7, 11) is 0. The zero-order chi connectivity index (χ0) is 13.1. The van der Waals surface area contributed by atoms with Gasteiger partial charge < -0.3 is 9.72 Å². The van der Waals surface area contributed by atoms with Crippen molar-refractivity contribution in [1.29, 1.82) is 0 Å². The van der Waals surface area contributed by atoms with Crippen molar-refractivity contribution in [2.75, 3.05) is 0 Å². The molecule has 0 aliphatic heterocycles. The first kappa shape index (κ1) is 12.6. The van der Waals surface area contributed by atoms with Crippen LogP contribution in [0, 0.1) is 10.1 Å².